The lowest BCUT2D eigenvalue weighted by molar-refractivity contribution is 0.298. The number of hydrogen-bond donors (Lipinski definition) is 2. The summed E-state index contributed by atoms with van der Waals surface area (Å²) in [6.07, 6.45) is 0. The molecule has 2 aromatic rings. The number of benzene rings is 1. The molecule has 0 saturated heterocycles. The fourth-order valence-electron chi connectivity index (χ4n) is 2.61. The highest BCUT2D eigenvalue weighted by Gasteiger charge is 2.15. The normalized spacial score (nSPS) is 13.0. The van der Waals surface area contributed by atoms with Crippen LogP contribution in [0.2, 0.25) is 0 Å². The first-order valence-electron chi connectivity index (χ1n) is 8.62. The Kier molecular flexibility index (Phi) is 7.41. The van der Waals surface area contributed by atoms with Crippen molar-refractivity contribution in [1.82, 2.24) is 20.5 Å². The molecule has 26 heavy (non-hydrogen) atoms. The van der Waals surface area contributed by atoms with Gasteiger partial charge in [-0.25, -0.2) is 4.98 Å². The maximum absolute atomic E-state index is 5.25. The number of aromatic nitrogens is 1. The number of nitrogens with one attached hydrogen (secondary N) is 2. The van der Waals surface area contributed by atoms with Gasteiger partial charge in [-0.2, -0.15) is 0 Å². The van der Waals surface area contributed by atoms with Crippen molar-refractivity contribution in [3.05, 3.63) is 45.4 Å². The van der Waals surface area contributed by atoms with Crippen LogP contribution >= 0.6 is 11.3 Å². The van der Waals surface area contributed by atoms with Crippen LogP contribution in [0.15, 0.2) is 29.3 Å². The molecule has 2 N–H and O–H groups in total. The van der Waals surface area contributed by atoms with Crippen molar-refractivity contribution in [3.8, 4) is 5.75 Å². The van der Waals surface area contributed by atoms with E-state index in [0.717, 1.165) is 29.0 Å². The summed E-state index contributed by atoms with van der Waals surface area (Å²) in [5, 5.41) is 7.82. The number of aryl methyl sites for hydroxylation is 2. The number of ether oxygens (including phenoxy) is 1. The average molecular weight is 376 g/mol. The highest BCUT2D eigenvalue weighted by Crippen LogP contribution is 2.20. The molecule has 2 rings (SSSR count). The van der Waals surface area contributed by atoms with Gasteiger partial charge in [-0.1, -0.05) is 12.1 Å². The molecule has 6 nitrogen and oxygen atoms in total. The van der Waals surface area contributed by atoms with E-state index >= 15 is 0 Å². The van der Waals surface area contributed by atoms with Gasteiger partial charge in [0.1, 0.15) is 10.8 Å². The number of likely N-dealkylation sites (N-methyl/N-ethyl adjacent to an activating group) is 1. The van der Waals surface area contributed by atoms with Gasteiger partial charge in [0.25, 0.3) is 0 Å². The average Bonchev–Trinajstić information content (AvgIpc) is 2.96. The van der Waals surface area contributed by atoms with Crippen LogP contribution in [-0.4, -0.2) is 50.6 Å². The van der Waals surface area contributed by atoms with Crippen LogP contribution in [-0.2, 0) is 6.54 Å². The highest BCUT2D eigenvalue weighted by molar-refractivity contribution is 7.11. The van der Waals surface area contributed by atoms with Crippen molar-refractivity contribution in [2.45, 2.75) is 26.4 Å². The number of nitrogens with zero attached hydrogens (tertiary/aromatic N) is 3. The van der Waals surface area contributed by atoms with Crippen LogP contribution in [0.3, 0.4) is 0 Å². The minimum absolute atomic E-state index is 0.226. The second kappa shape index (κ2) is 9.54. The van der Waals surface area contributed by atoms with Crippen LogP contribution in [0.4, 0.5) is 0 Å². The molecule has 1 heterocycles. The first kappa shape index (κ1) is 20.2. The number of thiazole rings is 1. The number of methoxy groups -OCH3 is 1. The molecule has 0 aliphatic carbocycles. The largest absolute Gasteiger partial charge is 0.497 e. The molecular formula is C19H29N5OS. The summed E-state index contributed by atoms with van der Waals surface area (Å²) in [5.41, 5.74) is 2.33. The minimum Gasteiger partial charge on any atom is -0.497 e. The fourth-order valence-corrected chi connectivity index (χ4v) is 3.49. The summed E-state index contributed by atoms with van der Waals surface area (Å²) in [7, 11) is 7.62. The van der Waals surface area contributed by atoms with Crippen LogP contribution < -0.4 is 15.4 Å². The van der Waals surface area contributed by atoms with Crippen molar-refractivity contribution in [1.29, 1.82) is 0 Å². The van der Waals surface area contributed by atoms with Crippen molar-refractivity contribution >= 4 is 17.3 Å². The van der Waals surface area contributed by atoms with E-state index in [-0.39, 0.29) is 6.04 Å². The molecule has 0 aliphatic heterocycles. The van der Waals surface area contributed by atoms with Gasteiger partial charge in [-0.15, -0.1) is 11.3 Å². The fraction of sp³-hybridized carbons (Fsp3) is 0.474. The predicted molar refractivity (Wildman–Crippen MR) is 109 cm³/mol. The van der Waals surface area contributed by atoms with Crippen molar-refractivity contribution < 1.29 is 4.74 Å². The van der Waals surface area contributed by atoms with Crippen molar-refractivity contribution in [3.63, 3.8) is 0 Å². The lowest BCUT2D eigenvalue weighted by atomic mass is 10.1. The Hall–Kier alpha value is -2.12. The SMILES string of the molecule is CN=C(NCc1nc(C)c(C)s1)NCC(c1ccc(OC)cc1)N(C)C. The van der Waals surface area contributed by atoms with Gasteiger partial charge < -0.3 is 20.3 Å². The summed E-state index contributed by atoms with van der Waals surface area (Å²) in [6, 6.07) is 8.41. The van der Waals surface area contributed by atoms with Gasteiger partial charge in [0, 0.05) is 18.5 Å². The van der Waals surface area contributed by atoms with Gasteiger partial charge in [0.2, 0.25) is 0 Å². The van der Waals surface area contributed by atoms with E-state index in [9.17, 15) is 0 Å². The monoisotopic (exact) mass is 375 g/mol. The molecule has 142 valence electrons. The smallest absolute Gasteiger partial charge is 0.191 e. The third kappa shape index (κ3) is 5.44. The molecule has 1 aromatic carbocycles. The summed E-state index contributed by atoms with van der Waals surface area (Å²) in [4.78, 5) is 12.3. The molecule has 0 radical (unpaired) electrons. The van der Waals surface area contributed by atoms with E-state index in [1.54, 1.807) is 25.5 Å². The first-order valence-corrected chi connectivity index (χ1v) is 9.44. The van der Waals surface area contributed by atoms with E-state index < -0.39 is 0 Å². The Morgan fingerprint density at radius 1 is 1.23 bits per heavy atom. The molecule has 0 fully saturated rings. The Bertz CT molecular complexity index is 705. The molecule has 0 bridgehead atoms. The van der Waals surface area contributed by atoms with E-state index in [4.69, 9.17) is 4.74 Å². The molecule has 1 atom stereocenters. The van der Waals surface area contributed by atoms with Gasteiger partial charge in [-0.05, 0) is 45.6 Å². The number of guanidine groups is 1. The molecule has 0 saturated carbocycles. The first-order chi connectivity index (χ1) is 12.4. The molecule has 1 aromatic heterocycles. The molecule has 1 unspecified atom stereocenters. The zero-order valence-corrected chi connectivity index (χ0v) is 17.3. The Balaban J connectivity index is 1.95. The molecule has 0 spiro atoms. The van der Waals surface area contributed by atoms with E-state index in [0.29, 0.717) is 6.54 Å². The minimum atomic E-state index is 0.226. The standard InChI is InChI=1S/C19H29N5OS/c1-13-14(2)26-18(23-13)12-22-19(20-3)21-11-17(24(4)5)15-7-9-16(25-6)10-8-15/h7-10,17H,11-12H2,1-6H3,(H2,20,21,22). The molecule has 0 amide bonds. The summed E-state index contributed by atoms with van der Waals surface area (Å²) < 4.78 is 5.25. The van der Waals surface area contributed by atoms with Crippen LogP contribution in [0, 0.1) is 13.8 Å². The van der Waals surface area contributed by atoms with Crippen molar-refractivity contribution in [2.24, 2.45) is 4.99 Å². The van der Waals surface area contributed by atoms with Crippen LogP contribution in [0.1, 0.15) is 27.2 Å². The van der Waals surface area contributed by atoms with Gasteiger partial charge in [0.15, 0.2) is 5.96 Å². The Labute approximate surface area is 160 Å². The van der Waals surface area contributed by atoms with Crippen LogP contribution in [0.5, 0.6) is 5.75 Å². The number of hydrogen-bond acceptors (Lipinski definition) is 5. The van der Waals surface area contributed by atoms with E-state index in [1.165, 1.54) is 10.4 Å². The zero-order chi connectivity index (χ0) is 19.1. The maximum Gasteiger partial charge on any atom is 0.191 e. The molecule has 0 aliphatic rings. The Morgan fingerprint density at radius 2 is 1.92 bits per heavy atom. The summed E-state index contributed by atoms with van der Waals surface area (Å²) in [6.45, 7) is 5.56. The summed E-state index contributed by atoms with van der Waals surface area (Å²) in [5.74, 6) is 1.64. The lowest BCUT2D eigenvalue weighted by Gasteiger charge is -2.26. The lowest BCUT2D eigenvalue weighted by Crippen LogP contribution is -2.41. The third-order valence-electron chi connectivity index (χ3n) is 4.29. The van der Waals surface area contributed by atoms with Crippen molar-refractivity contribution in [2.75, 3.05) is 34.8 Å². The number of aliphatic imine (C=N–C) groups is 1. The second-order valence-corrected chi connectivity index (χ2v) is 7.60. The molecule has 7 heteroatoms. The maximum atomic E-state index is 5.25. The third-order valence-corrected chi connectivity index (χ3v) is 5.36. The predicted octanol–water partition coefficient (Wildman–Crippen LogP) is 2.74. The highest BCUT2D eigenvalue weighted by atomic mass is 32.1. The number of rotatable bonds is 7. The van der Waals surface area contributed by atoms with Crippen LogP contribution in [0.25, 0.3) is 0 Å². The van der Waals surface area contributed by atoms with Gasteiger partial charge in [0.05, 0.1) is 25.4 Å². The van der Waals surface area contributed by atoms with E-state index in [1.807, 2.05) is 19.1 Å². The van der Waals surface area contributed by atoms with E-state index in [2.05, 4.69) is 58.7 Å². The quantitative estimate of drug-likeness (QED) is 0.576. The van der Waals surface area contributed by atoms with Gasteiger partial charge in [-0.3, -0.25) is 4.99 Å². The molecular weight excluding hydrogens is 346 g/mol. The Morgan fingerprint density at radius 3 is 2.42 bits per heavy atom. The second-order valence-electron chi connectivity index (χ2n) is 6.31. The topological polar surface area (TPSA) is 61.8 Å². The zero-order valence-electron chi connectivity index (χ0n) is 16.5. The van der Waals surface area contributed by atoms with Gasteiger partial charge >= 0.3 is 0 Å². The summed E-state index contributed by atoms with van der Waals surface area (Å²) >= 11 is 1.72.